The van der Waals surface area contributed by atoms with Gasteiger partial charge >= 0.3 is 16.8 Å². The number of rotatable bonds is 4. The van der Waals surface area contributed by atoms with E-state index >= 15 is 0 Å². The summed E-state index contributed by atoms with van der Waals surface area (Å²) in [5, 5.41) is 21.5. The SMILES string of the molecule is CC(C)(C)c1cccc(C=N[C@@H]2CCCC[C@H]2N=Cc2cccc(C(C)(C)C)c2O)c1O.[Br-].[Br-].[Br-].[Co+3]. The summed E-state index contributed by atoms with van der Waals surface area (Å²) in [6.45, 7) is 12.6. The molecule has 0 bridgehead atoms. The minimum Gasteiger partial charge on any atom is -1.00 e. The Morgan fingerprint density at radius 3 is 1.31 bits per heavy atom. The van der Waals surface area contributed by atoms with Crippen LogP contribution in [0.5, 0.6) is 11.5 Å². The number of phenolic OH excluding ortho intramolecular Hbond substituents is 2. The largest absolute Gasteiger partial charge is 3.00 e. The predicted molar refractivity (Wildman–Crippen MR) is 135 cm³/mol. The molecule has 0 spiro atoms. The first-order valence-corrected chi connectivity index (χ1v) is 11.7. The van der Waals surface area contributed by atoms with Gasteiger partial charge in [-0.25, -0.2) is 0 Å². The van der Waals surface area contributed by atoms with Gasteiger partial charge in [0, 0.05) is 23.6 Å². The van der Waals surface area contributed by atoms with Crippen LogP contribution in [0.25, 0.3) is 0 Å². The first-order chi connectivity index (χ1) is 15.0. The molecule has 0 saturated heterocycles. The normalized spacial score (nSPS) is 18.1. The Kier molecular flexibility index (Phi) is 16.3. The second kappa shape index (κ2) is 15.7. The van der Waals surface area contributed by atoms with Crippen LogP contribution in [0.3, 0.4) is 0 Å². The second-order valence-corrected chi connectivity index (χ2v) is 11.0. The molecule has 2 aromatic carbocycles. The molecular weight excluding hydrogens is 695 g/mol. The van der Waals surface area contributed by atoms with Gasteiger partial charge in [0.2, 0.25) is 0 Å². The number of nitrogens with zero attached hydrogens (tertiary/aromatic N) is 2. The van der Waals surface area contributed by atoms with Crippen molar-refractivity contribution >= 4 is 12.4 Å². The molecule has 0 heterocycles. The summed E-state index contributed by atoms with van der Waals surface area (Å²) >= 11 is 0. The van der Waals surface area contributed by atoms with Gasteiger partial charge in [-0.05, 0) is 46.9 Å². The van der Waals surface area contributed by atoms with Crippen molar-refractivity contribution < 1.29 is 77.9 Å². The number of hydrogen-bond acceptors (Lipinski definition) is 4. The fraction of sp³-hybridized carbons (Fsp3) is 0.500. The van der Waals surface area contributed by atoms with Gasteiger partial charge in [-0.3, -0.25) is 9.98 Å². The van der Waals surface area contributed by atoms with Crippen molar-refractivity contribution in [3.63, 3.8) is 0 Å². The molecule has 1 fully saturated rings. The Hall–Kier alpha value is -0.674. The number of aliphatic imine (C=N–C) groups is 2. The summed E-state index contributed by atoms with van der Waals surface area (Å²) in [6.07, 6.45) is 7.83. The number of benzene rings is 2. The van der Waals surface area contributed by atoms with Gasteiger partial charge in [0.1, 0.15) is 11.5 Å². The maximum absolute atomic E-state index is 10.7. The molecule has 2 N–H and O–H groups in total. The fourth-order valence-electron chi connectivity index (χ4n) is 4.33. The molecule has 8 heteroatoms. The topological polar surface area (TPSA) is 65.2 Å². The maximum Gasteiger partial charge on any atom is 3.00 e. The molecule has 1 aliphatic carbocycles. The van der Waals surface area contributed by atoms with E-state index in [1.54, 1.807) is 12.4 Å². The van der Waals surface area contributed by atoms with Crippen LogP contribution in [0.2, 0.25) is 0 Å². The maximum atomic E-state index is 10.7. The number of hydrogen-bond donors (Lipinski definition) is 2. The molecule has 0 unspecified atom stereocenters. The van der Waals surface area contributed by atoms with Crippen LogP contribution in [0, 0.1) is 0 Å². The van der Waals surface area contributed by atoms with Gasteiger partial charge in [0.25, 0.3) is 0 Å². The van der Waals surface area contributed by atoms with Crippen LogP contribution in [0.1, 0.15) is 89.5 Å². The summed E-state index contributed by atoms with van der Waals surface area (Å²) in [7, 11) is 0. The van der Waals surface area contributed by atoms with Gasteiger partial charge in [0.05, 0.1) is 12.1 Å². The first-order valence-electron chi connectivity index (χ1n) is 11.7. The minimum atomic E-state index is -0.130. The van der Waals surface area contributed by atoms with Crippen molar-refractivity contribution in [1.29, 1.82) is 0 Å². The van der Waals surface area contributed by atoms with Crippen molar-refractivity contribution in [3.8, 4) is 11.5 Å². The molecule has 2 aromatic rings. The van der Waals surface area contributed by atoms with E-state index in [1.165, 1.54) is 0 Å². The van der Waals surface area contributed by atoms with E-state index in [-0.39, 0.29) is 90.6 Å². The Balaban J connectivity index is 0. The van der Waals surface area contributed by atoms with Gasteiger partial charge in [-0.1, -0.05) is 78.6 Å². The third-order valence-corrected chi connectivity index (χ3v) is 6.25. The average molecular weight is 733 g/mol. The van der Waals surface area contributed by atoms with E-state index in [2.05, 4.69) is 41.5 Å². The van der Waals surface area contributed by atoms with E-state index in [1.807, 2.05) is 36.4 Å². The van der Waals surface area contributed by atoms with Crippen LogP contribution in [0.4, 0.5) is 0 Å². The van der Waals surface area contributed by atoms with Crippen LogP contribution < -0.4 is 50.9 Å². The molecule has 0 amide bonds. The Labute approximate surface area is 259 Å². The third kappa shape index (κ3) is 9.57. The van der Waals surface area contributed by atoms with Crippen LogP contribution >= 0.6 is 0 Å². The van der Waals surface area contributed by atoms with Crippen LogP contribution in [-0.4, -0.2) is 34.7 Å². The molecule has 1 saturated carbocycles. The number of aromatic hydroxyl groups is 2. The van der Waals surface area contributed by atoms with Gasteiger partial charge in [-0.15, -0.1) is 0 Å². The van der Waals surface area contributed by atoms with Gasteiger partial charge in [-0.2, -0.15) is 0 Å². The Morgan fingerprint density at radius 2 is 1.00 bits per heavy atom. The van der Waals surface area contributed by atoms with Crippen molar-refractivity contribution in [3.05, 3.63) is 58.7 Å². The van der Waals surface area contributed by atoms with Crippen molar-refractivity contribution in [2.24, 2.45) is 9.98 Å². The molecule has 0 aliphatic heterocycles. The fourth-order valence-corrected chi connectivity index (χ4v) is 4.33. The van der Waals surface area contributed by atoms with E-state index in [4.69, 9.17) is 9.98 Å². The standard InChI is InChI=1S/C28H38N2O2.3BrH.Co/c1-27(2,3)21-13-9-11-19(25(21)31)17-29-23-15-7-8-16-24(23)30-18-20-12-10-14-22(26(20)32)28(4,5)6;;;;/h9-14,17-18,23-24,31-32H,7-8,15-16H2,1-6H3;3*1H;/q;;;;+3/p-3/t23-,24-;;;;/m1..../s1. The molecule has 2 atom stereocenters. The van der Waals surface area contributed by atoms with Crippen molar-refractivity contribution in [2.75, 3.05) is 0 Å². The summed E-state index contributed by atoms with van der Waals surface area (Å²) in [4.78, 5) is 9.70. The predicted octanol–water partition coefficient (Wildman–Crippen LogP) is -2.45. The van der Waals surface area contributed by atoms with Gasteiger partial charge < -0.3 is 61.2 Å². The third-order valence-electron chi connectivity index (χ3n) is 6.25. The minimum absolute atomic E-state index is 0. The summed E-state index contributed by atoms with van der Waals surface area (Å²) in [6, 6.07) is 11.9. The van der Waals surface area contributed by atoms with Crippen molar-refractivity contribution in [1.82, 2.24) is 0 Å². The zero-order valence-electron chi connectivity index (χ0n) is 21.9. The zero-order valence-corrected chi connectivity index (χ0v) is 27.7. The number of halogens is 3. The zero-order chi connectivity index (χ0) is 23.5. The van der Waals surface area contributed by atoms with E-state index < -0.39 is 0 Å². The smallest absolute Gasteiger partial charge is 1.00 e. The van der Waals surface area contributed by atoms with E-state index in [0.29, 0.717) is 11.5 Å². The molecule has 1 aliphatic rings. The van der Waals surface area contributed by atoms with Crippen LogP contribution in [0.15, 0.2) is 46.4 Å². The quantitative estimate of drug-likeness (QED) is 0.344. The number of para-hydroxylation sites is 2. The van der Waals surface area contributed by atoms with Gasteiger partial charge in [0.15, 0.2) is 0 Å². The summed E-state index contributed by atoms with van der Waals surface area (Å²) in [5.74, 6) is 0.618. The second-order valence-electron chi connectivity index (χ2n) is 11.0. The first kappa shape index (κ1) is 37.5. The molecule has 3 rings (SSSR count). The molecular formula is C28H38Br3CoN2O2. The van der Waals surface area contributed by atoms with Crippen LogP contribution in [-0.2, 0) is 27.6 Å². The summed E-state index contributed by atoms with van der Waals surface area (Å²) < 4.78 is 0. The molecule has 36 heavy (non-hydrogen) atoms. The monoisotopic (exact) mass is 730 g/mol. The Bertz CT molecular complexity index is 933. The number of phenols is 2. The average Bonchev–Trinajstić information content (AvgIpc) is 2.71. The van der Waals surface area contributed by atoms with E-state index in [9.17, 15) is 10.2 Å². The molecule has 4 nitrogen and oxygen atoms in total. The molecule has 202 valence electrons. The Morgan fingerprint density at radius 1 is 0.667 bits per heavy atom. The molecule has 0 radical (unpaired) electrons. The van der Waals surface area contributed by atoms with E-state index in [0.717, 1.165) is 47.9 Å². The summed E-state index contributed by atoms with van der Waals surface area (Å²) in [5.41, 5.74) is 3.09. The van der Waals surface area contributed by atoms with Crippen molar-refractivity contribution in [2.45, 2.75) is 90.1 Å². The molecule has 0 aromatic heterocycles.